The summed E-state index contributed by atoms with van der Waals surface area (Å²) in [7, 11) is 3.36. The normalized spacial score (nSPS) is 28.6. The Morgan fingerprint density at radius 3 is 2.33 bits per heavy atom. The monoisotopic (exact) mass is 587 g/mol. The average Bonchev–Trinajstić information content (AvgIpc) is 3.60. The molecule has 6 rings (SSSR count). The summed E-state index contributed by atoms with van der Waals surface area (Å²) in [5.74, 6) is 1.62. The zero-order chi connectivity index (χ0) is 31.1. The topological polar surface area (TPSA) is 112 Å². The van der Waals surface area contributed by atoms with Crippen molar-refractivity contribution in [1.29, 1.82) is 0 Å². The molecule has 1 amide bonds. The minimum absolute atomic E-state index is 0.116. The van der Waals surface area contributed by atoms with Crippen LogP contribution in [-0.2, 0) is 30.0 Å². The third-order valence-electron chi connectivity index (χ3n) is 9.26. The quantitative estimate of drug-likeness (QED) is 0.360. The maximum Gasteiger partial charge on any atom is 0.476 e. The van der Waals surface area contributed by atoms with Gasteiger partial charge < -0.3 is 39.5 Å². The second-order valence-corrected chi connectivity index (χ2v) is 13.9. The maximum absolute atomic E-state index is 11.4. The number of carbonyl (C=O) groups is 2. The lowest BCUT2D eigenvalue weighted by Gasteiger charge is -2.64. The summed E-state index contributed by atoms with van der Waals surface area (Å²) in [4.78, 5) is 22.8. The van der Waals surface area contributed by atoms with Crippen LogP contribution in [0.15, 0.2) is 30.3 Å². The van der Waals surface area contributed by atoms with Crippen LogP contribution >= 0.6 is 0 Å². The lowest BCUT2D eigenvalue weighted by molar-refractivity contribution is -0.199. The Labute approximate surface area is 253 Å². The number of hydrogen-bond donors (Lipinski definition) is 2. The van der Waals surface area contributed by atoms with Crippen molar-refractivity contribution in [3.63, 3.8) is 0 Å². The van der Waals surface area contributed by atoms with Crippen molar-refractivity contribution in [3.05, 3.63) is 35.9 Å². The molecule has 42 heavy (non-hydrogen) atoms. The van der Waals surface area contributed by atoms with Gasteiger partial charge in [-0.3, -0.25) is 0 Å². The highest BCUT2D eigenvalue weighted by atomic mass is 16.7. The van der Waals surface area contributed by atoms with Crippen LogP contribution in [0.25, 0.3) is 0 Å². The smallest absolute Gasteiger partial charge is 0.444 e. The van der Waals surface area contributed by atoms with E-state index < -0.39 is 6.04 Å². The van der Waals surface area contributed by atoms with Gasteiger partial charge in [-0.1, -0.05) is 44.2 Å². The van der Waals surface area contributed by atoms with Crippen LogP contribution in [0.4, 0.5) is 4.79 Å². The van der Waals surface area contributed by atoms with Gasteiger partial charge in [-0.05, 0) is 89.7 Å². The summed E-state index contributed by atoms with van der Waals surface area (Å²) in [6, 6.07) is 10.1. The lowest BCUT2D eigenvalue weighted by Crippen LogP contribution is -2.65. The van der Waals surface area contributed by atoms with E-state index in [2.05, 4.69) is 61.2 Å². The Morgan fingerprint density at radius 2 is 1.83 bits per heavy atom. The van der Waals surface area contributed by atoms with Crippen molar-refractivity contribution in [2.75, 3.05) is 33.9 Å². The Hall–Kier alpha value is -1.98. The molecule has 2 saturated heterocycles. The minimum Gasteiger partial charge on any atom is -0.444 e. The largest absolute Gasteiger partial charge is 0.476 e. The van der Waals surface area contributed by atoms with E-state index in [4.69, 9.17) is 19.8 Å². The van der Waals surface area contributed by atoms with Crippen molar-refractivity contribution >= 4 is 19.5 Å². The van der Waals surface area contributed by atoms with Crippen LogP contribution in [0.2, 0.25) is 0 Å². The van der Waals surface area contributed by atoms with E-state index in [1.54, 1.807) is 4.90 Å². The number of rotatable bonds is 7. The van der Waals surface area contributed by atoms with E-state index in [9.17, 15) is 9.59 Å². The number of hydrogen-bond acceptors (Lipinski definition) is 8. The third kappa shape index (κ3) is 8.56. The molecule has 3 saturated carbocycles. The standard InChI is InChI=1S/C19H28BNO2.C9H17NO2.C4H9NO2/c1-18(2)14-11-15(18)19(3)16(12-14)22-20(23-19)17(21-4)10-13-8-6-5-7-9-13;1-9(2,3)12-8(11)10-6-4-5-7-10;1-7-3-4(5)2-6/h5-9,14-17,21H,10-12H2,1-4H3;4-7H2,1-3H3;2,4H,3,5H2,1H3/t14?,15?,16?,17?,19-;;/m0../s1. The lowest BCUT2D eigenvalue weighted by atomic mass is 9.43. The molecule has 5 fully saturated rings. The predicted octanol–water partition coefficient (Wildman–Crippen LogP) is 4.26. The minimum atomic E-state index is -0.454. The fraction of sp³-hybridized carbons (Fsp3) is 0.750. The van der Waals surface area contributed by atoms with E-state index in [1.165, 1.54) is 19.1 Å². The van der Waals surface area contributed by atoms with Crippen LogP contribution in [0.3, 0.4) is 0 Å². The molecule has 5 aliphatic rings. The maximum atomic E-state index is 11.4. The average molecular weight is 588 g/mol. The summed E-state index contributed by atoms with van der Waals surface area (Å²) < 4.78 is 22.7. The molecule has 6 atom stereocenters. The van der Waals surface area contributed by atoms with Gasteiger partial charge in [0.15, 0.2) is 0 Å². The van der Waals surface area contributed by atoms with Crippen LogP contribution < -0.4 is 11.1 Å². The SMILES string of the molecule is CC(C)(C)OC(=O)N1CCCC1.CNC(Cc1ccccc1)B1OC2CC3CC(C3(C)C)[C@]2(C)O1.COCC(N)C=O. The van der Waals surface area contributed by atoms with Gasteiger partial charge >= 0.3 is 13.2 Å². The number of nitrogens with one attached hydrogen (secondary N) is 1. The zero-order valence-corrected chi connectivity index (χ0v) is 27.1. The van der Waals surface area contributed by atoms with Crippen molar-refractivity contribution in [1.82, 2.24) is 10.2 Å². The van der Waals surface area contributed by atoms with Gasteiger partial charge in [0.1, 0.15) is 11.9 Å². The number of methoxy groups -OCH3 is 1. The first-order chi connectivity index (χ1) is 19.7. The van der Waals surface area contributed by atoms with E-state index in [-0.39, 0.29) is 36.5 Å². The van der Waals surface area contributed by atoms with Gasteiger partial charge in [0.25, 0.3) is 0 Å². The highest BCUT2D eigenvalue weighted by Gasteiger charge is 2.68. The number of amides is 1. The molecule has 10 heteroatoms. The van der Waals surface area contributed by atoms with Crippen molar-refractivity contribution in [2.24, 2.45) is 23.0 Å². The molecule has 2 bridgehead atoms. The number of benzene rings is 1. The van der Waals surface area contributed by atoms with Crippen molar-refractivity contribution in [3.8, 4) is 0 Å². The zero-order valence-electron chi connectivity index (χ0n) is 27.1. The van der Waals surface area contributed by atoms with Crippen LogP contribution in [0, 0.1) is 17.3 Å². The van der Waals surface area contributed by atoms with Crippen LogP contribution in [0.1, 0.15) is 72.8 Å². The van der Waals surface area contributed by atoms with Crippen molar-refractivity contribution < 1.29 is 28.4 Å². The van der Waals surface area contributed by atoms with Gasteiger partial charge in [-0.2, -0.15) is 0 Å². The Bertz CT molecular complexity index is 1000. The molecule has 3 N–H and O–H groups in total. The number of likely N-dealkylation sites (N-methyl/N-ethyl adjacent to an activating group) is 1. The fourth-order valence-electron chi connectivity index (χ4n) is 6.73. The molecule has 5 unspecified atom stereocenters. The summed E-state index contributed by atoms with van der Waals surface area (Å²) >= 11 is 0. The second-order valence-electron chi connectivity index (χ2n) is 13.9. The van der Waals surface area contributed by atoms with Gasteiger partial charge in [0, 0.05) is 26.1 Å². The van der Waals surface area contributed by atoms with E-state index in [0.717, 1.165) is 44.7 Å². The molecule has 0 aromatic heterocycles. The summed E-state index contributed by atoms with van der Waals surface area (Å²) in [5.41, 5.74) is 6.34. The summed E-state index contributed by atoms with van der Waals surface area (Å²) in [6.07, 6.45) is 6.36. The van der Waals surface area contributed by atoms with Crippen LogP contribution in [-0.4, -0.2) is 87.5 Å². The second kappa shape index (κ2) is 14.7. The first-order valence-electron chi connectivity index (χ1n) is 15.5. The molecule has 0 spiro atoms. The van der Waals surface area contributed by atoms with Gasteiger partial charge in [0.05, 0.1) is 24.4 Å². The number of likely N-dealkylation sites (tertiary alicyclic amines) is 1. The number of carbonyl (C=O) groups excluding carboxylic acids is 2. The van der Waals surface area contributed by atoms with Gasteiger partial charge in [-0.25, -0.2) is 4.79 Å². The first-order valence-corrected chi connectivity index (χ1v) is 15.5. The molecule has 1 aromatic rings. The van der Waals surface area contributed by atoms with Gasteiger partial charge in [-0.15, -0.1) is 0 Å². The molecule has 9 nitrogen and oxygen atoms in total. The molecule has 3 aliphatic carbocycles. The molecule has 2 heterocycles. The molecule has 1 aromatic carbocycles. The third-order valence-corrected chi connectivity index (χ3v) is 9.26. The highest BCUT2D eigenvalue weighted by molar-refractivity contribution is 6.47. The molecular weight excluding hydrogens is 533 g/mol. The predicted molar refractivity (Wildman–Crippen MR) is 166 cm³/mol. The Balaban J connectivity index is 0.000000213. The summed E-state index contributed by atoms with van der Waals surface area (Å²) in [6.45, 7) is 14.8. The van der Waals surface area contributed by atoms with E-state index in [0.29, 0.717) is 24.2 Å². The van der Waals surface area contributed by atoms with Crippen molar-refractivity contribution in [2.45, 2.75) is 103 Å². The summed E-state index contributed by atoms with van der Waals surface area (Å²) in [5, 5.41) is 3.42. The van der Waals surface area contributed by atoms with Crippen LogP contribution in [0.5, 0.6) is 0 Å². The van der Waals surface area contributed by atoms with Gasteiger partial charge in [0.2, 0.25) is 0 Å². The molecule has 0 radical (unpaired) electrons. The highest BCUT2D eigenvalue weighted by Crippen LogP contribution is 2.65. The Morgan fingerprint density at radius 1 is 1.19 bits per heavy atom. The van der Waals surface area contributed by atoms with E-state index in [1.807, 2.05) is 27.8 Å². The fourth-order valence-corrected chi connectivity index (χ4v) is 6.73. The van der Waals surface area contributed by atoms with E-state index >= 15 is 0 Å². The number of aldehydes is 1. The number of nitrogens with zero attached hydrogens (tertiary/aromatic N) is 1. The number of nitrogens with two attached hydrogens (primary N) is 1. The molecular formula is C32H54BN3O6. The molecule has 2 aliphatic heterocycles. The molecule has 236 valence electrons. The first kappa shape index (κ1) is 34.5. The Kier molecular flexibility index (Phi) is 12.1. The number of ether oxygens (including phenoxy) is 2.